The van der Waals surface area contributed by atoms with Crippen molar-refractivity contribution in [2.24, 2.45) is 5.41 Å². The normalized spacial score (nSPS) is 20.0. The van der Waals surface area contributed by atoms with Crippen molar-refractivity contribution in [3.8, 4) is 5.75 Å². The molecular weight excluding hydrogens is 400 g/mol. The number of hydrogen-bond donors (Lipinski definition) is 1. The van der Waals surface area contributed by atoms with E-state index in [9.17, 15) is 13.2 Å². The van der Waals surface area contributed by atoms with Crippen molar-refractivity contribution in [1.29, 1.82) is 0 Å². The van der Waals surface area contributed by atoms with Gasteiger partial charge < -0.3 is 10.1 Å². The van der Waals surface area contributed by atoms with Crippen LogP contribution in [0.25, 0.3) is 0 Å². The Balaban J connectivity index is 1.70. The monoisotopic (exact) mass is 430 g/mol. The third-order valence-corrected chi connectivity index (χ3v) is 7.63. The number of hydrogen-bond acceptors (Lipinski definition) is 4. The van der Waals surface area contributed by atoms with Gasteiger partial charge >= 0.3 is 0 Å². The molecule has 1 heterocycles. The first-order valence-electron chi connectivity index (χ1n) is 10.3. The summed E-state index contributed by atoms with van der Waals surface area (Å²) in [5.41, 5.74) is 1.25. The van der Waals surface area contributed by atoms with Crippen molar-refractivity contribution >= 4 is 15.9 Å². The number of nitrogens with zero attached hydrogens (tertiary/aromatic N) is 1. The number of carbonyl (C=O) groups excluding carboxylic acids is 1. The largest absolute Gasteiger partial charge is 0.497 e. The summed E-state index contributed by atoms with van der Waals surface area (Å²) in [6.07, 6.45) is 2.16. The third-order valence-electron chi connectivity index (χ3n) is 5.77. The fraction of sp³-hybridized carbons (Fsp3) is 0.435. The van der Waals surface area contributed by atoms with Crippen LogP contribution in [-0.2, 0) is 27.8 Å². The predicted molar refractivity (Wildman–Crippen MR) is 117 cm³/mol. The van der Waals surface area contributed by atoms with Crippen LogP contribution in [0.3, 0.4) is 0 Å². The first-order valence-corrected chi connectivity index (χ1v) is 11.7. The molecule has 162 valence electrons. The zero-order valence-corrected chi connectivity index (χ0v) is 18.7. The molecule has 6 nitrogen and oxygen atoms in total. The number of ether oxygens (including phenoxy) is 1. The van der Waals surface area contributed by atoms with Gasteiger partial charge in [0.1, 0.15) is 5.75 Å². The van der Waals surface area contributed by atoms with Crippen molar-refractivity contribution in [3.05, 3.63) is 59.7 Å². The molecule has 1 aliphatic heterocycles. The van der Waals surface area contributed by atoms with E-state index in [0.717, 1.165) is 23.3 Å². The zero-order valence-electron chi connectivity index (χ0n) is 17.8. The molecule has 1 aliphatic rings. The van der Waals surface area contributed by atoms with E-state index >= 15 is 0 Å². The van der Waals surface area contributed by atoms with Crippen molar-refractivity contribution < 1.29 is 17.9 Å². The Hall–Kier alpha value is -2.38. The molecule has 0 aliphatic carbocycles. The average Bonchev–Trinajstić information content (AvgIpc) is 2.77. The Morgan fingerprint density at radius 3 is 2.57 bits per heavy atom. The van der Waals surface area contributed by atoms with E-state index in [4.69, 9.17) is 4.74 Å². The van der Waals surface area contributed by atoms with Crippen molar-refractivity contribution in [1.82, 2.24) is 9.62 Å². The SMILES string of the molecule is CCc1ccc(S(=O)(=O)N2CCC[C@@](C)(C(=O)NCc3cccc(OC)c3)C2)cc1. The van der Waals surface area contributed by atoms with E-state index < -0.39 is 15.4 Å². The lowest BCUT2D eigenvalue weighted by Gasteiger charge is -2.38. The molecule has 7 heteroatoms. The number of carbonyl (C=O) groups is 1. The molecule has 2 aromatic carbocycles. The summed E-state index contributed by atoms with van der Waals surface area (Å²) in [7, 11) is -2.03. The molecule has 1 N–H and O–H groups in total. The predicted octanol–water partition coefficient (Wildman–Crippen LogP) is 3.36. The lowest BCUT2D eigenvalue weighted by molar-refractivity contribution is -0.132. The standard InChI is InChI=1S/C23H30N2O4S/c1-4-18-9-11-21(12-10-18)30(27,28)25-14-6-13-23(2,17-25)22(26)24-16-19-7-5-8-20(15-19)29-3/h5,7-12,15H,4,6,13-14,16-17H2,1-3H3,(H,24,26)/t23-/m1/s1. The second kappa shape index (κ2) is 9.18. The summed E-state index contributed by atoms with van der Waals surface area (Å²) in [5.74, 6) is 0.600. The molecule has 1 amide bonds. The fourth-order valence-electron chi connectivity index (χ4n) is 3.81. The number of methoxy groups -OCH3 is 1. The number of piperidine rings is 1. The summed E-state index contributed by atoms with van der Waals surface area (Å²) >= 11 is 0. The van der Waals surface area contributed by atoms with Gasteiger partial charge in [-0.1, -0.05) is 31.2 Å². The van der Waals surface area contributed by atoms with Crippen molar-refractivity contribution in [3.63, 3.8) is 0 Å². The molecule has 3 rings (SSSR count). The quantitative estimate of drug-likeness (QED) is 0.731. The number of nitrogens with one attached hydrogen (secondary N) is 1. The molecule has 0 radical (unpaired) electrons. The Labute approximate surface area is 179 Å². The highest BCUT2D eigenvalue weighted by Crippen LogP contribution is 2.33. The van der Waals surface area contributed by atoms with Gasteiger partial charge in [-0.25, -0.2) is 8.42 Å². The van der Waals surface area contributed by atoms with E-state index in [1.54, 1.807) is 19.2 Å². The second-order valence-electron chi connectivity index (χ2n) is 8.03. The van der Waals surface area contributed by atoms with Gasteiger partial charge in [-0.05, 0) is 61.6 Å². The molecule has 0 spiro atoms. The van der Waals surface area contributed by atoms with E-state index in [1.165, 1.54) is 4.31 Å². The molecular formula is C23H30N2O4S. The first kappa shape index (κ1) is 22.3. The van der Waals surface area contributed by atoms with Crippen molar-refractivity contribution in [2.45, 2.75) is 44.6 Å². The topological polar surface area (TPSA) is 75.7 Å². The minimum atomic E-state index is -3.63. The van der Waals surface area contributed by atoms with E-state index in [0.29, 0.717) is 25.9 Å². The second-order valence-corrected chi connectivity index (χ2v) is 9.97. The molecule has 0 unspecified atom stereocenters. The molecule has 0 bridgehead atoms. The lowest BCUT2D eigenvalue weighted by Crippen LogP contribution is -2.51. The van der Waals surface area contributed by atoms with E-state index in [-0.39, 0.29) is 17.3 Å². The van der Waals surface area contributed by atoms with Gasteiger partial charge in [0.05, 0.1) is 17.4 Å². The van der Waals surface area contributed by atoms with Gasteiger partial charge in [-0.15, -0.1) is 0 Å². The van der Waals surface area contributed by atoms with Gasteiger partial charge in [-0.3, -0.25) is 4.79 Å². The molecule has 1 fully saturated rings. The minimum Gasteiger partial charge on any atom is -0.497 e. The summed E-state index contributed by atoms with van der Waals surface area (Å²) in [5, 5.41) is 2.97. The maximum Gasteiger partial charge on any atom is 0.243 e. The highest BCUT2D eigenvalue weighted by atomic mass is 32.2. The van der Waals surface area contributed by atoms with Crippen molar-refractivity contribution in [2.75, 3.05) is 20.2 Å². The molecule has 1 atom stereocenters. The fourth-order valence-corrected chi connectivity index (χ4v) is 5.41. The average molecular weight is 431 g/mol. The molecule has 0 saturated carbocycles. The number of rotatable bonds is 7. The van der Waals surface area contributed by atoms with Gasteiger partial charge in [0, 0.05) is 19.6 Å². The maximum atomic E-state index is 13.1. The molecule has 1 saturated heterocycles. The van der Waals surface area contributed by atoms with Crippen LogP contribution in [0.4, 0.5) is 0 Å². The zero-order chi connectivity index (χ0) is 21.8. The minimum absolute atomic E-state index is 0.133. The molecule has 0 aromatic heterocycles. The van der Waals surface area contributed by atoms with Crippen LogP contribution in [0, 0.1) is 5.41 Å². The van der Waals surface area contributed by atoms with E-state index in [2.05, 4.69) is 5.32 Å². The van der Waals surface area contributed by atoms with Gasteiger partial charge in [0.25, 0.3) is 0 Å². The summed E-state index contributed by atoms with van der Waals surface area (Å²) < 4.78 is 32.9. The highest BCUT2D eigenvalue weighted by Gasteiger charge is 2.41. The number of benzene rings is 2. The molecule has 2 aromatic rings. The summed E-state index contributed by atoms with van der Waals surface area (Å²) in [6.45, 7) is 4.85. The van der Waals surface area contributed by atoms with Crippen LogP contribution < -0.4 is 10.1 Å². The summed E-state index contributed by atoms with van der Waals surface area (Å²) in [4.78, 5) is 13.3. The van der Waals surface area contributed by atoms with Crippen LogP contribution in [0.5, 0.6) is 5.75 Å². The Morgan fingerprint density at radius 2 is 1.90 bits per heavy atom. The number of aryl methyl sites for hydroxylation is 1. The first-order chi connectivity index (χ1) is 14.3. The molecule has 30 heavy (non-hydrogen) atoms. The maximum absolute atomic E-state index is 13.1. The van der Waals surface area contributed by atoms with Crippen LogP contribution >= 0.6 is 0 Å². The third kappa shape index (κ3) is 4.84. The van der Waals surface area contributed by atoms with Crippen LogP contribution in [0.1, 0.15) is 37.8 Å². The highest BCUT2D eigenvalue weighted by molar-refractivity contribution is 7.89. The lowest BCUT2D eigenvalue weighted by atomic mass is 9.82. The van der Waals surface area contributed by atoms with E-state index in [1.807, 2.05) is 50.2 Å². The summed E-state index contributed by atoms with van der Waals surface area (Å²) in [6, 6.07) is 14.5. The smallest absolute Gasteiger partial charge is 0.243 e. The van der Waals surface area contributed by atoms with Crippen LogP contribution in [0.2, 0.25) is 0 Å². The van der Waals surface area contributed by atoms with Crippen LogP contribution in [-0.4, -0.2) is 38.8 Å². The Bertz CT molecular complexity index is 989. The van der Waals surface area contributed by atoms with Crippen LogP contribution in [0.15, 0.2) is 53.4 Å². The number of sulfonamides is 1. The Kier molecular flexibility index (Phi) is 6.83. The Morgan fingerprint density at radius 1 is 1.17 bits per heavy atom. The van der Waals surface area contributed by atoms with Gasteiger partial charge in [0.15, 0.2) is 0 Å². The van der Waals surface area contributed by atoms with Gasteiger partial charge in [0.2, 0.25) is 15.9 Å². The number of amides is 1. The van der Waals surface area contributed by atoms with Gasteiger partial charge in [-0.2, -0.15) is 4.31 Å².